The number of rotatable bonds is 7. The van der Waals surface area contributed by atoms with E-state index in [2.05, 4.69) is 15.6 Å². The molecule has 4 rings (SSSR count). The quantitative estimate of drug-likeness (QED) is 0.361. The van der Waals surface area contributed by atoms with Crippen LogP contribution in [0.2, 0.25) is 0 Å². The first-order chi connectivity index (χ1) is 15.1. The van der Waals surface area contributed by atoms with Gasteiger partial charge in [-0.1, -0.05) is 35.5 Å². The van der Waals surface area contributed by atoms with Crippen molar-refractivity contribution in [3.8, 4) is 0 Å². The van der Waals surface area contributed by atoms with Gasteiger partial charge in [0.15, 0.2) is 12.4 Å². The largest absolute Gasteiger partial charge is 0.454 e. The van der Waals surface area contributed by atoms with E-state index in [4.69, 9.17) is 4.74 Å². The third-order valence-corrected chi connectivity index (χ3v) is 4.80. The summed E-state index contributed by atoms with van der Waals surface area (Å²) in [6.07, 6.45) is 5.39. The Morgan fingerprint density at radius 1 is 1.13 bits per heavy atom. The Hall–Kier alpha value is -4.07. The van der Waals surface area contributed by atoms with Crippen LogP contribution in [0.25, 0.3) is 6.08 Å². The Morgan fingerprint density at radius 3 is 2.81 bits per heavy atom. The molecule has 1 amide bonds. The van der Waals surface area contributed by atoms with Gasteiger partial charge in [-0.05, 0) is 41.8 Å². The van der Waals surface area contributed by atoms with E-state index in [1.165, 1.54) is 12.2 Å². The summed E-state index contributed by atoms with van der Waals surface area (Å²) in [5.74, 6) is -0.987. The van der Waals surface area contributed by atoms with Gasteiger partial charge in [0.2, 0.25) is 5.91 Å². The summed E-state index contributed by atoms with van der Waals surface area (Å²) in [7, 11) is 0. The fourth-order valence-electron chi connectivity index (χ4n) is 3.22. The second-order valence-corrected chi connectivity index (χ2v) is 7.11. The maximum absolute atomic E-state index is 12.3. The molecule has 0 atom stereocenters. The zero-order chi connectivity index (χ0) is 21.6. The number of hydrogen-bond donors (Lipinski definition) is 1. The minimum Gasteiger partial charge on any atom is -0.454 e. The van der Waals surface area contributed by atoms with Crippen LogP contribution in [0.15, 0.2) is 60.8 Å². The molecule has 8 heteroatoms. The molecule has 1 aliphatic heterocycles. The fraction of sp³-hybridized carbons (Fsp3) is 0.174. The highest BCUT2D eigenvalue weighted by molar-refractivity contribution is 6.00. The molecule has 2 heterocycles. The Bertz CT molecular complexity index is 1150. The molecule has 2 aromatic carbocycles. The molecule has 0 aliphatic carbocycles. The van der Waals surface area contributed by atoms with Crippen molar-refractivity contribution in [2.45, 2.75) is 19.4 Å². The van der Waals surface area contributed by atoms with E-state index < -0.39 is 5.97 Å². The molecule has 156 valence electrons. The number of carbonyl (C=O) groups excluding carboxylic acids is 3. The van der Waals surface area contributed by atoms with Crippen LogP contribution < -0.4 is 5.32 Å². The number of esters is 1. The normalized spacial score (nSPS) is 13.0. The van der Waals surface area contributed by atoms with Crippen LogP contribution in [0, 0.1) is 0 Å². The lowest BCUT2D eigenvalue weighted by atomic mass is 9.99. The van der Waals surface area contributed by atoms with E-state index in [1.54, 1.807) is 29.1 Å². The number of anilines is 1. The van der Waals surface area contributed by atoms with Crippen molar-refractivity contribution in [3.05, 3.63) is 83.2 Å². The van der Waals surface area contributed by atoms with E-state index in [9.17, 15) is 14.4 Å². The number of nitrogens with zero attached hydrogens (tertiary/aromatic N) is 3. The second kappa shape index (κ2) is 9.17. The van der Waals surface area contributed by atoms with Gasteiger partial charge in [0.25, 0.3) is 0 Å². The number of ketones is 1. The zero-order valence-electron chi connectivity index (χ0n) is 16.7. The SMILES string of the molecule is O=C1CCc2cc(C(=O)COC(=O)/C=C/c3cn(Cc4ccccc4)nn3)ccc2N1. The first-order valence-corrected chi connectivity index (χ1v) is 9.82. The highest BCUT2D eigenvalue weighted by Crippen LogP contribution is 2.23. The van der Waals surface area contributed by atoms with Gasteiger partial charge in [-0.3, -0.25) is 9.59 Å². The summed E-state index contributed by atoms with van der Waals surface area (Å²) in [4.78, 5) is 35.7. The minimum absolute atomic E-state index is 0.0348. The third-order valence-electron chi connectivity index (χ3n) is 4.80. The summed E-state index contributed by atoms with van der Waals surface area (Å²) in [5.41, 5.74) is 3.65. The molecule has 1 N–H and O–H groups in total. The molecule has 0 spiro atoms. The number of amides is 1. The molecule has 0 saturated heterocycles. The van der Waals surface area contributed by atoms with Gasteiger partial charge in [0, 0.05) is 23.7 Å². The van der Waals surface area contributed by atoms with Crippen molar-refractivity contribution in [2.75, 3.05) is 11.9 Å². The second-order valence-electron chi connectivity index (χ2n) is 7.11. The fourth-order valence-corrected chi connectivity index (χ4v) is 3.22. The van der Waals surface area contributed by atoms with Crippen LogP contribution in [-0.2, 0) is 27.3 Å². The lowest BCUT2D eigenvalue weighted by Gasteiger charge is -2.17. The van der Waals surface area contributed by atoms with E-state index in [-0.39, 0.29) is 18.3 Å². The minimum atomic E-state index is -0.642. The van der Waals surface area contributed by atoms with Gasteiger partial charge in [-0.2, -0.15) is 0 Å². The van der Waals surface area contributed by atoms with E-state index in [0.29, 0.717) is 36.3 Å². The number of fused-ring (bicyclic) bond motifs is 1. The van der Waals surface area contributed by atoms with Crippen LogP contribution in [0.4, 0.5) is 5.69 Å². The number of aromatic nitrogens is 3. The summed E-state index contributed by atoms with van der Waals surface area (Å²) in [6.45, 7) is 0.208. The van der Waals surface area contributed by atoms with Gasteiger partial charge in [0.05, 0.1) is 12.7 Å². The molecule has 0 fully saturated rings. The first kappa shape index (κ1) is 20.2. The maximum Gasteiger partial charge on any atom is 0.331 e. The topological polar surface area (TPSA) is 103 Å². The van der Waals surface area contributed by atoms with Crippen LogP contribution >= 0.6 is 0 Å². The predicted molar refractivity (Wildman–Crippen MR) is 113 cm³/mol. The van der Waals surface area contributed by atoms with Crippen molar-refractivity contribution >= 4 is 29.4 Å². The van der Waals surface area contributed by atoms with Crippen LogP contribution in [0.5, 0.6) is 0 Å². The van der Waals surface area contributed by atoms with E-state index in [0.717, 1.165) is 11.1 Å². The number of ether oxygens (including phenoxy) is 1. The lowest BCUT2D eigenvalue weighted by Crippen LogP contribution is -2.20. The Balaban J connectivity index is 1.29. The summed E-state index contributed by atoms with van der Waals surface area (Å²) in [5, 5.41) is 10.8. The van der Waals surface area contributed by atoms with Crippen molar-refractivity contribution < 1.29 is 19.1 Å². The van der Waals surface area contributed by atoms with Gasteiger partial charge in [0.1, 0.15) is 5.69 Å². The summed E-state index contributed by atoms with van der Waals surface area (Å²) < 4.78 is 6.71. The van der Waals surface area contributed by atoms with Crippen LogP contribution in [0.1, 0.15) is 33.6 Å². The van der Waals surface area contributed by atoms with Crippen LogP contribution in [0.3, 0.4) is 0 Å². The first-order valence-electron chi connectivity index (χ1n) is 9.82. The monoisotopic (exact) mass is 416 g/mol. The molecular formula is C23H20N4O4. The molecule has 3 aromatic rings. The van der Waals surface area contributed by atoms with Crippen molar-refractivity contribution in [3.63, 3.8) is 0 Å². The number of carbonyl (C=O) groups is 3. The van der Waals surface area contributed by atoms with E-state index in [1.807, 2.05) is 30.3 Å². The highest BCUT2D eigenvalue weighted by atomic mass is 16.5. The molecule has 0 bridgehead atoms. The van der Waals surface area contributed by atoms with Gasteiger partial charge in [-0.15, -0.1) is 5.10 Å². The van der Waals surface area contributed by atoms with E-state index >= 15 is 0 Å². The standard InChI is InChI=1S/C23H20N4O4/c28-21(18-6-9-20-17(12-18)7-10-22(29)24-20)15-31-23(30)11-8-19-14-27(26-25-19)13-16-4-2-1-3-5-16/h1-6,8-9,11-12,14H,7,10,13,15H2,(H,24,29)/b11-8+. The Kier molecular flexibility index (Phi) is 5.98. The van der Waals surface area contributed by atoms with Crippen molar-refractivity contribution in [2.24, 2.45) is 0 Å². The smallest absolute Gasteiger partial charge is 0.331 e. The number of hydrogen-bond acceptors (Lipinski definition) is 6. The van der Waals surface area contributed by atoms with Gasteiger partial charge < -0.3 is 10.1 Å². The highest BCUT2D eigenvalue weighted by Gasteiger charge is 2.17. The molecule has 1 aliphatic rings. The number of benzene rings is 2. The summed E-state index contributed by atoms with van der Waals surface area (Å²) in [6, 6.07) is 14.9. The van der Waals surface area contributed by atoms with Crippen LogP contribution in [-0.4, -0.2) is 39.3 Å². The predicted octanol–water partition coefficient (Wildman–Crippen LogP) is 2.65. The molecule has 1 aromatic heterocycles. The maximum atomic E-state index is 12.3. The van der Waals surface area contributed by atoms with Gasteiger partial charge >= 0.3 is 5.97 Å². The lowest BCUT2D eigenvalue weighted by molar-refractivity contribution is -0.136. The molecule has 0 saturated carbocycles. The molecule has 31 heavy (non-hydrogen) atoms. The molecule has 0 radical (unpaired) electrons. The molecule has 8 nitrogen and oxygen atoms in total. The summed E-state index contributed by atoms with van der Waals surface area (Å²) >= 11 is 0. The average Bonchev–Trinajstić information content (AvgIpc) is 3.23. The molecular weight excluding hydrogens is 396 g/mol. The van der Waals surface area contributed by atoms with Gasteiger partial charge in [-0.25, -0.2) is 9.48 Å². The van der Waals surface area contributed by atoms with Crippen molar-refractivity contribution in [1.29, 1.82) is 0 Å². The number of Topliss-reactive ketones (excluding diaryl/α,β-unsaturated/α-hetero) is 1. The average molecular weight is 416 g/mol. The Labute approximate surface area is 178 Å². The number of nitrogens with one attached hydrogen (secondary N) is 1. The number of aryl methyl sites for hydroxylation is 1. The Morgan fingerprint density at radius 2 is 1.97 bits per heavy atom. The zero-order valence-corrected chi connectivity index (χ0v) is 16.7. The molecule has 0 unspecified atom stereocenters. The van der Waals surface area contributed by atoms with Crippen molar-refractivity contribution in [1.82, 2.24) is 15.0 Å². The third kappa shape index (κ3) is 5.30.